The Morgan fingerprint density at radius 2 is 1.85 bits per heavy atom. The molecule has 0 atom stereocenters. The monoisotopic (exact) mass is 361 g/mol. The Morgan fingerprint density at radius 3 is 2.59 bits per heavy atom. The topological polar surface area (TPSA) is 64.5 Å². The average Bonchev–Trinajstić information content (AvgIpc) is 3.03. The molecule has 1 aromatic carbocycles. The minimum Gasteiger partial charge on any atom is -0.491 e. The van der Waals surface area contributed by atoms with Gasteiger partial charge in [-0.25, -0.2) is 4.98 Å². The highest BCUT2D eigenvalue weighted by molar-refractivity contribution is 6.10. The standard InChI is InChI=1S/C21H19N3O3/c1-13-6-17(11-22-9-13)24-12-16-7-14(4-5-18(16)21(24)25)15-8-19(26-2)20(27-3)23-10-15/h4-11H,12H2,1-3H3. The zero-order valence-electron chi connectivity index (χ0n) is 15.4. The van der Waals surface area contributed by atoms with Crippen LogP contribution in [-0.2, 0) is 6.54 Å². The predicted octanol–water partition coefficient (Wildman–Crippen LogP) is 3.63. The minimum absolute atomic E-state index is 0.00520. The number of fused-ring (bicyclic) bond motifs is 1. The van der Waals surface area contributed by atoms with Gasteiger partial charge in [-0.15, -0.1) is 0 Å². The van der Waals surface area contributed by atoms with E-state index in [2.05, 4.69) is 9.97 Å². The summed E-state index contributed by atoms with van der Waals surface area (Å²) < 4.78 is 10.5. The number of carbonyl (C=O) groups is 1. The van der Waals surface area contributed by atoms with E-state index < -0.39 is 0 Å². The summed E-state index contributed by atoms with van der Waals surface area (Å²) in [5.74, 6) is 1.00. The molecule has 0 unspecified atom stereocenters. The van der Waals surface area contributed by atoms with Crippen molar-refractivity contribution in [1.29, 1.82) is 0 Å². The van der Waals surface area contributed by atoms with E-state index in [1.165, 1.54) is 0 Å². The lowest BCUT2D eigenvalue weighted by Crippen LogP contribution is -2.23. The number of rotatable bonds is 4. The molecule has 0 aliphatic carbocycles. The molecule has 6 heteroatoms. The molecule has 0 saturated carbocycles. The number of aryl methyl sites for hydroxylation is 1. The summed E-state index contributed by atoms with van der Waals surface area (Å²) in [6.45, 7) is 2.49. The molecule has 6 nitrogen and oxygen atoms in total. The quantitative estimate of drug-likeness (QED) is 0.710. The van der Waals surface area contributed by atoms with Crippen molar-refractivity contribution in [3.05, 3.63) is 65.6 Å². The van der Waals surface area contributed by atoms with Gasteiger partial charge in [0.1, 0.15) is 0 Å². The van der Waals surface area contributed by atoms with E-state index in [-0.39, 0.29) is 5.91 Å². The lowest BCUT2D eigenvalue weighted by molar-refractivity contribution is 0.0996. The second-order valence-corrected chi connectivity index (χ2v) is 6.42. The van der Waals surface area contributed by atoms with E-state index in [4.69, 9.17) is 9.47 Å². The summed E-state index contributed by atoms with van der Waals surface area (Å²) >= 11 is 0. The first-order valence-corrected chi connectivity index (χ1v) is 8.55. The third kappa shape index (κ3) is 2.99. The van der Waals surface area contributed by atoms with Crippen LogP contribution in [0.4, 0.5) is 5.69 Å². The van der Waals surface area contributed by atoms with Crippen molar-refractivity contribution in [3.8, 4) is 22.8 Å². The molecule has 0 fully saturated rings. The minimum atomic E-state index is -0.00520. The molecule has 0 bridgehead atoms. The van der Waals surface area contributed by atoms with Crippen molar-refractivity contribution >= 4 is 11.6 Å². The first kappa shape index (κ1) is 17.0. The lowest BCUT2D eigenvalue weighted by atomic mass is 10.0. The van der Waals surface area contributed by atoms with Gasteiger partial charge in [-0.1, -0.05) is 6.07 Å². The molecule has 3 heterocycles. The van der Waals surface area contributed by atoms with Crippen LogP contribution >= 0.6 is 0 Å². The molecular weight excluding hydrogens is 342 g/mol. The Morgan fingerprint density at radius 1 is 1.00 bits per heavy atom. The second-order valence-electron chi connectivity index (χ2n) is 6.42. The van der Waals surface area contributed by atoms with Gasteiger partial charge in [0.15, 0.2) is 5.75 Å². The zero-order chi connectivity index (χ0) is 19.0. The molecule has 27 heavy (non-hydrogen) atoms. The van der Waals surface area contributed by atoms with Crippen LogP contribution in [0.1, 0.15) is 21.5 Å². The molecule has 1 aliphatic rings. The van der Waals surface area contributed by atoms with Crippen molar-refractivity contribution in [2.75, 3.05) is 19.1 Å². The Bertz CT molecular complexity index is 1030. The van der Waals surface area contributed by atoms with E-state index in [0.29, 0.717) is 23.7 Å². The van der Waals surface area contributed by atoms with Gasteiger partial charge in [0.05, 0.1) is 32.6 Å². The Kier molecular flexibility index (Phi) is 4.24. The molecule has 0 N–H and O–H groups in total. The normalized spacial score (nSPS) is 12.9. The van der Waals surface area contributed by atoms with Crippen LogP contribution in [0, 0.1) is 6.92 Å². The van der Waals surface area contributed by atoms with E-state index in [9.17, 15) is 4.79 Å². The predicted molar refractivity (Wildman–Crippen MR) is 102 cm³/mol. The fourth-order valence-electron chi connectivity index (χ4n) is 3.28. The maximum atomic E-state index is 12.8. The summed E-state index contributed by atoms with van der Waals surface area (Å²) in [7, 11) is 3.14. The van der Waals surface area contributed by atoms with Gasteiger partial charge < -0.3 is 14.4 Å². The Labute approximate surface area is 157 Å². The van der Waals surface area contributed by atoms with E-state index in [1.807, 2.05) is 37.3 Å². The second kappa shape index (κ2) is 6.72. The van der Waals surface area contributed by atoms with Gasteiger partial charge in [0, 0.05) is 23.5 Å². The number of methoxy groups -OCH3 is 2. The van der Waals surface area contributed by atoms with Crippen molar-refractivity contribution in [1.82, 2.24) is 9.97 Å². The van der Waals surface area contributed by atoms with Gasteiger partial charge in [0.25, 0.3) is 11.8 Å². The van der Waals surface area contributed by atoms with Gasteiger partial charge in [-0.3, -0.25) is 9.78 Å². The molecule has 0 saturated heterocycles. The molecule has 3 aromatic rings. The number of anilines is 1. The number of ether oxygens (including phenoxy) is 2. The van der Waals surface area contributed by atoms with E-state index >= 15 is 0 Å². The highest BCUT2D eigenvalue weighted by Gasteiger charge is 2.29. The zero-order valence-corrected chi connectivity index (χ0v) is 15.4. The van der Waals surface area contributed by atoms with Crippen LogP contribution in [0.2, 0.25) is 0 Å². The maximum absolute atomic E-state index is 12.8. The van der Waals surface area contributed by atoms with Crippen LogP contribution < -0.4 is 14.4 Å². The third-order valence-electron chi connectivity index (χ3n) is 4.65. The van der Waals surface area contributed by atoms with Crippen LogP contribution in [0.25, 0.3) is 11.1 Å². The van der Waals surface area contributed by atoms with Gasteiger partial charge in [-0.05, 0) is 47.9 Å². The van der Waals surface area contributed by atoms with Crippen LogP contribution in [-0.4, -0.2) is 30.1 Å². The first-order chi connectivity index (χ1) is 13.1. The highest BCUT2D eigenvalue weighted by atomic mass is 16.5. The van der Waals surface area contributed by atoms with Crippen LogP contribution in [0.5, 0.6) is 11.6 Å². The summed E-state index contributed by atoms with van der Waals surface area (Å²) in [6, 6.07) is 9.67. The number of carbonyl (C=O) groups excluding carboxylic acids is 1. The first-order valence-electron chi connectivity index (χ1n) is 8.55. The van der Waals surface area contributed by atoms with Crippen molar-refractivity contribution in [2.45, 2.75) is 13.5 Å². The van der Waals surface area contributed by atoms with E-state index in [0.717, 1.165) is 27.9 Å². The lowest BCUT2D eigenvalue weighted by Gasteiger charge is -2.15. The molecule has 1 amide bonds. The number of hydrogen-bond acceptors (Lipinski definition) is 5. The molecule has 0 spiro atoms. The van der Waals surface area contributed by atoms with Gasteiger partial charge >= 0.3 is 0 Å². The molecule has 4 rings (SSSR count). The summed E-state index contributed by atoms with van der Waals surface area (Å²) in [4.78, 5) is 23.0. The van der Waals surface area contributed by atoms with E-state index in [1.54, 1.807) is 37.7 Å². The molecule has 1 aliphatic heterocycles. The fourth-order valence-corrected chi connectivity index (χ4v) is 3.28. The van der Waals surface area contributed by atoms with Crippen molar-refractivity contribution in [3.63, 3.8) is 0 Å². The largest absolute Gasteiger partial charge is 0.491 e. The van der Waals surface area contributed by atoms with Gasteiger partial charge in [0.2, 0.25) is 0 Å². The molecule has 136 valence electrons. The van der Waals surface area contributed by atoms with Crippen LogP contribution in [0.15, 0.2) is 48.9 Å². The molecule has 2 aromatic heterocycles. The number of nitrogens with zero attached hydrogens (tertiary/aromatic N) is 3. The van der Waals surface area contributed by atoms with Crippen LogP contribution in [0.3, 0.4) is 0 Å². The maximum Gasteiger partial charge on any atom is 0.258 e. The highest BCUT2D eigenvalue weighted by Crippen LogP contribution is 2.34. The molecule has 0 radical (unpaired) electrons. The van der Waals surface area contributed by atoms with Crippen molar-refractivity contribution < 1.29 is 14.3 Å². The SMILES string of the molecule is COc1cc(-c2ccc3c(c2)CN(c2cncc(C)c2)C3=O)cnc1OC. The Balaban J connectivity index is 1.69. The average molecular weight is 361 g/mol. The summed E-state index contributed by atoms with van der Waals surface area (Å²) in [6.07, 6.45) is 5.23. The van der Waals surface area contributed by atoms with Crippen molar-refractivity contribution in [2.24, 2.45) is 0 Å². The number of pyridine rings is 2. The Hall–Kier alpha value is -3.41. The fraction of sp³-hybridized carbons (Fsp3) is 0.190. The van der Waals surface area contributed by atoms with Gasteiger partial charge in [-0.2, -0.15) is 0 Å². The summed E-state index contributed by atoms with van der Waals surface area (Å²) in [5, 5.41) is 0. The smallest absolute Gasteiger partial charge is 0.258 e. The third-order valence-corrected chi connectivity index (χ3v) is 4.65. The number of benzene rings is 1. The number of hydrogen-bond donors (Lipinski definition) is 0. The number of amides is 1. The summed E-state index contributed by atoms with van der Waals surface area (Å²) in [5.41, 5.74) is 5.40. The number of aromatic nitrogens is 2. The molecular formula is C21H19N3O3.